The standard InChI is InChI=1S/C9H12O3S/c1-3-8-4-5-9(7(2)6-8)13(10,11)12/h4-6H,3H2,1-2H3,(H,10,11,12). The lowest BCUT2D eigenvalue weighted by Gasteiger charge is -2.03. The average Bonchev–Trinajstić information content (AvgIpc) is 2.01. The molecule has 0 fully saturated rings. The van der Waals surface area contributed by atoms with Gasteiger partial charge in [0.05, 0.1) is 4.90 Å². The van der Waals surface area contributed by atoms with Gasteiger partial charge in [0.1, 0.15) is 0 Å². The van der Waals surface area contributed by atoms with Crippen LogP contribution >= 0.6 is 0 Å². The van der Waals surface area contributed by atoms with Crippen molar-refractivity contribution in [1.29, 1.82) is 0 Å². The lowest BCUT2D eigenvalue weighted by atomic mass is 10.1. The zero-order valence-corrected chi connectivity index (χ0v) is 8.43. The van der Waals surface area contributed by atoms with Crippen molar-refractivity contribution in [2.45, 2.75) is 25.2 Å². The number of hydrogen-bond donors (Lipinski definition) is 1. The van der Waals surface area contributed by atoms with Crippen LogP contribution in [0, 0.1) is 6.92 Å². The van der Waals surface area contributed by atoms with Crippen molar-refractivity contribution in [3.63, 3.8) is 0 Å². The molecule has 1 aromatic rings. The van der Waals surface area contributed by atoms with Gasteiger partial charge in [-0.15, -0.1) is 0 Å². The first kappa shape index (κ1) is 10.2. The summed E-state index contributed by atoms with van der Waals surface area (Å²) < 4.78 is 30.4. The molecular weight excluding hydrogens is 188 g/mol. The minimum Gasteiger partial charge on any atom is -0.282 e. The summed E-state index contributed by atoms with van der Waals surface area (Å²) in [5, 5.41) is 0. The topological polar surface area (TPSA) is 54.4 Å². The first-order valence-corrected chi connectivity index (χ1v) is 5.46. The van der Waals surface area contributed by atoms with Crippen LogP contribution in [0.15, 0.2) is 23.1 Å². The van der Waals surface area contributed by atoms with Gasteiger partial charge in [-0.25, -0.2) is 0 Å². The van der Waals surface area contributed by atoms with Gasteiger partial charge in [0.15, 0.2) is 0 Å². The van der Waals surface area contributed by atoms with Gasteiger partial charge in [0.2, 0.25) is 0 Å². The summed E-state index contributed by atoms with van der Waals surface area (Å²) in [5.41, 5.74) is 1.65. The minimum absolute atomic E-state index is 0.00954. The normalized spacial score (nSPS) is 11.6. The molecule has 0 aromatic heterocycles. The van der Waals surface area contributed by atoms with Crippen LogP contribution in [0.3, 0.4) is 0 Å². The van der Waals surface area contributed by atoms with Gasteiger partial charge < -0.3 is 0 Å². The van der Waals surface area contributed by atoms with E-state index in [9.17, 15) is 8.42 Å². The molecule has 0 aliphatic heterocycles. The molecule has 13 heavy (non-hydrogen) atoms. The molecule has 0 unspecified atom stereocenters. The van der Waals surface area contributed by atoms with E-state index < -0.39 is 10.1 Å². The largest absolute Gasteiger partial charge is 0.294 e. The van der Waals surface area contributed by atoms with Gasteiger partial charge in [0.25, 0.3) is 10.1 Å². The molecule has 72 valence electrons. The molecule has 0 spiro atoms. The highest BCUT2D eigenvalue weighted by molar-refractivity contribution is 7.85. The van der Waals surface area contributed by atoms with Crippen LogP contribution < -0.4 is 0 Å². The van der Waals surface area contributed by atoms with Crippen LogP contribution in [0.5, 0.6) is 0 Å². The first-order valence-electron chi connectivity index (χ1n) is 4.02. The van der Waals surface area contributed by atoms with Crippen molar-refractivity contribution >= 4 is 10.1 Å². The second-order valence-electron chi connectivity index (χ2n) is 2.93. The summed E-state index contributed by atoms with van der Waals surface area (Å²) in [7, 11) is -4.06. The molecule has 0 heterocycles. The molecule has 0 bridgehead atoms. The fourth-order valence-corrected chi connectivity index (χ4v) is 1.93. The van der Waals surface area contributed by atoms with Crippen LogP contribution in [-0.2, 0) is 16.5 Å². The predicted octanol–water partition coefficient (Wildman–Crippen LogP) is 1.80. The summed E-state index contributed by atoms with van der Waals surface area (Å²) in [5.74, 6) is 0. The molecule has 0 amide bonds. The predicted molar refractivity (Wildman–Crippen MR) is 50.4 cm³/mol. The van der Waals surface area contributed by atoms with Crippen molar-refractivity contribution < 1.29 is 13.0 Å². The number of rotatable bonds is 2. The van der Waals surface area contributed by atoms with Gasteiger partial charge in [-0.1, -0.05) is 19.1 Å². The van der Waals surface area contributed by atoms with E-state index in [1.165, 1.54) is 6.07 Å². The highest BCUT2D eigenvalue weighted by Crippen LogP contribution is 2.16. The summed E-state index contributed by atoms with van der Waals surface area (Å²) in [6.45, 7) is 3.66. The molecule has 0 atom stereocenters. The molecule has 4 heteroatoms. The average molecular weight is 200 g/mol. The van der Waals surface area contributed by atoms with Gasteiger partial charge in [-0.3, -0.25) is 4.55 Å². The second kappa shape index (κ2) is 3.47. The Balaban J connectivity index is 3.29. The van der Waals surface area contributed by atoms with E-state index in [1.807, 2.05) is 6.92 Å². The quantitative estimate of drug-likeness (QED) is 0.741. The first-order chi connectivity index (χ1) is 5.95. The fraction of sp³-hybridized carbons (Fsp3) is 0.333. The highest BCUT2D eigenvalue weighted by atomic mass is 32.2. The third kappa shape index (κ3) is 2.29. The zero-order chi connectivity index (χ0) is 10.1. The Morgan fingerprint density at radius 3 is 2.38 bits per heavy atom. The Morgan fingerprint density at radius 1 is 1.38 bits per heavy atom. The van der Waals surface area contributed by atoms with Crippen LogP contribution in [-0.4, -0.2) is 13.0 Å². The number of aryl methyl sites for hydroxylation is 2. The van der Waals surface area contributed by atoms with Crippen molar-refractivity contribution in [2.24, 2.45) is 0 Å². The highest BCUT2D eigenvalue weighted by Gasteiger charge is 2.12. The van der Waals surface area contributed by atoms with Gasteiger partial charge in [-0.05, 0) is 30.5 Å². The lowest BCUT2D eigenvalue weighted by molar-refractivity contribution is 0.482. The molecular formula is C9H12O3S. The van der Waals surface area contributed by atoms with Gasteiger partial charge in [0, 0.05) is 0 Å². The summed E-state index contributed by atoms with van der Waals surface area (Å²) in [4.78, 5) is -0.00954. The molecule has 1 aromatic carbocycles. The molecule has 0 radical (unpaired) electrons. The summed E-state index contributed by atoms with van der Waals surface area (Å²) in [6.07, 6.45) is 0.854. The van der Waals surface area contributed by atoms with Crippen LogP contribution in [0.25, 0.3) is 0 Å². The van der Waals surface area contributed by atoms with Crippen molar-refractivity contribution in [3.8, 4) is 0 Å². The maximum Gasteiger partial charge on any atom is 0.294 e. The monoisotopic (exact) mass is 200 g/mol. The Kier molecular flexibility index (Phi) is 2.73. The van der Waals surface area contributed by atoms with E-state index in [2.05, 4.69) is 0 Å². The SMILES string of the molecule is CCc1ccc(S(=O)(=O)O)c(C)c1. The smallest absolute Gasteiger partial charge is 0.282 e. The van der Waals surface area contributed by atoms with Crippen molar-refractivity contribution in [1.82, 2.24) is 0 Å². The Bertz CT molecular complexity index is 407. The number of hydrogen-bond acceptors (Lipinski definition) is 2. The van der Waals surface area contributed by atoms with Crippen molar-refractivity contribution in [3.05, 3.63) is 29.3 Å². The molecule has 0 saturated heterocycles. The molecule has 0 aliphatic rings. The Labute approximate surface area is 78.2 Å². The zero-order valence-electron chi connectivity index (χ0n) is 7.61. The minimum atomic E-state index is -4.06. The molecule has 1 rings (SSSR count). The second-order valence-corrected chi connectivity index (χ2v) is 4.32. The van der Waals surface area contributed by atoms with Gasteiger partial charge >= 0.3 is 0 Å². The van der Waals surface area contributed by atoms with Crippen LogP contribution in [0.4, 0.5) is 0 Å². The van der Waals surface area contributed by atoms with Gasteiger partial charge in [-0.2, -0.15) is 8.42 Å². The van der Waals surface area contributed by atoms with E-state index in [0.29, 0.717) is 5.56 Å². The van der Waals surface area contributed by atoms with E-state index in [0.717, 1.165) is 12.0 Å². The van der Waals surface area contributed by atoms with E-state index in [4.69, 9.17) is 4.55 Å². The maximum atomic E-state index is 10.8. The molecule has 0 saturated carbocycles. The van der Waals surface area contributed by atoms with Crippen molar-refractivity contribution in [2.75, 3.05) is 0 Å². The maximum absolute atomic E-state index is 10.8. The lowest BCUT2D eigenvalue weighted by Crippen LogP contribution is -2.01. The third-order valence-corrected chi connectivity index (χ3v) is 2.94. The van der Waals surface area contributed by atoms with Crippen LogP contribution in [0.2, 0.25) is 0 Å². The molecule has 0 aliphatic carbocycles. The molecule has 3 nitrogen and oxygen atoms in total. The Hall–Kier alpha value is -0.870. The summed E-state index contributed by atoms with van der Waals surface area (Å²) in [6, 6.07) is 4.91. The van der Waals surface area contributed by atoms with Crippen LogP contribution in [0.1, 0.15) is 18.1 Å². The van der Waals surface area contributed by atoms with E-state index in [-0.39, 0.29) is 4.90 Å². The Morgan fingerprint density at radius 2 is 2.00 bits per heavy atom. The number of benzene rings is 1. The third-order valence-electron chi connectivity index (χ3n) is 1.93. The summed E-state index contributed by atoms with van der Waals surface area (Å²) >= 11 is 0. The van der Waals surface area contributed by atoms with E-state index >= 15 is 0 Å². The molecule has 1 N–H and O–H groups in total. The van der Waals surface area contributed by atoms with E-state index in [1.54, 1.807) is 19.1 Å². The fourth-order valence-electron chi connectivity index (χ4n) is 1.22.